The van der Waals surface area contributed by atoms with Crippen LogP contribution in [0.25, 0.3) is 0 Å². The fraction of sp³-hybridized carbons (Fsp3) is 0.174. The fourth-order valence-electron chi connectivity index (χ4n) is 3.21. The van der Waals surface area contributed by atoms with Crippen molar-refractivity contribution in [3.05, 3.63) is 107 Å². The average molecular weight is 456 g/mol. The number of carboxylic acid groups (broad SMARTS) is 1. The summed E-state index contributed by atoms with van der Waals surface area (Å²) in [5.41, 5.74) is 10.3. The number of hydrogen-bond donors (Lipinski definition) is 2. The maximum Gasteiger partial charge on any atom is 0.321 e. The molecule has 5 heteroatoms. The first-order chi connectivity index (χ1) is 13.6. The van der Waals surface area contributed by atoms with Gasteiger partial charge in [-0.05, 0) is 22.3 Å². The van der Waals surface area contributed by atoms with Crippen molar-refractivity contribution < 1.29 is 9.90 Å². The number of rotatable bonds is 8. The standard InChI is InChI=1S/C23H22BrNO2S/c24-15-17-11-13-20(14-12-17)23(18-7-3-1-4-8-18,19-9-5-2-6-10-19)28-16-21(25)22(26)27/h1-14,21H,15-16,25H2,(H,26,27)/t21-/m0/s1. The lowest BCUT2D eigenvalue weighted by atomic mass is 9.84. The van der Waals surface area contributed by atoms with Gasteiger partial charge in [0.1, 0.15) is 6.04 Å². The van der Waals surface area contributed by atoms with E-state index in [-0.39, 0.29) is 0 Å². The van der Waals surface area contributed by atoms with E-state index in [1.54, 1.807) is 11.8 Å². The highest BCUT2D eigenvalue weighted by Gasteiger charge is 2.37. The van der Waals surface area contributed by atoms with Crippen LogP contribution in [0.4, 0.5) is 0 Å². The van der Waals surface area contributed by atoms with Gasteiger partial charge in [0.15, 0.2) is 0 Å². The molecular weight excluding hydrogens is 434 g/mol. The average Bonchev–Trinajstić information content (AvgIpc) is 2.76. The van der Waals surface area contributed by atoms with Crippen LogP contribution in [-0.4, -0.2) is 22.9 Å². The minimum atomic E-state index is -0.989. The van der Waals surface area contributed by atoms with Crippen molar-refractivity contribution in [3.63, 3.8) is 0 Å². The topological polar surface area (TPSA) is 63.3 Å². The highest BCUT2D eigenvalue weighted by atomic mass is 79.9. The van der Waals surface area contributed by atoms with E-state index >= 15 is 0 Å². The van der Waals surface area contributed by atoms with Crippen LogP contribution < -0.4 is 5.73 Å². The molecule has 3 nitrogen and oxygen atoms in total. The van der Waals surface area contributed by atoms with Gasteiger partial charge in [-0.15, -0.1) is 11.8 Å². The third-order valence-corrected chi connectivity index (χ3v) is 6.99. The van der Waals surface area contributed by atoms with Gasteiger partial charge in [-0.25, -0.2) is 0 Å². The minimum Gasteiger partial charge on any atom is -0.480 e. The van der Waals surface area contributed by atoms with Crippen molar-refractivity contribution in [2.75, 3.05) is 5.75 Å². The molecule has 0 radical (unpaired) electrons. The van der Waals surface area contributed by atoms with Gasteiger partial charge < -0.3 is 10.8 Å². The van der Waals surface area contributed by atoms with Gasteiger partial charge in [-0.3, -0.25) is 4.79 Å². The molecule has 0 saturated carbocycles. The Bertz CT molecular complexity index is 861. The highest BCUT2D eigenvalue weighted by Crippen LogP contribution is 2.48. The lowest BCUT2D eigenvalue weighted by Crippen LogP contribution is -2.36. The first-order valence-corrected chi connectivity index (χ1v) is 11.1. The molecular formula is C23H22BrNO2S. The van der Waals surface area contributed by atoms with Gasteiger partial charge in [-0.2, -0.15) is 0 Å². The zero-order valence-electron chi connectivity index (χ0n) is 15.3. The third-order valence-electron chi connectivity index (χ3n) is 4.67. The van der Waals surface area contributed by atoms with Crippen LogP contribution in [-0.2, 0) is 14.9 Å². The van der Waals surface area contributed by atoms with Crippen LogP contribution in [0.1, 0.15) is 22.3 Å². The van der Waals surface area contributed by atoms with Gasteiger partial charge in [0.2, 0.25) is 0 Å². The molecule has 0 bridgehead atoms. The number of benzene rings is 3. The van der Waals surface area contributed by atoms with Crippen molar-refractivity contribution >= 4 is 33.7 Å². The molecule has 3 aromatic rings. The molecule has 0 aliphatic carbocycles. The third kappa shape index (κ3) is 4.32. The van der Waals surface area contributed by atoms with Crippen molar-refractivity contribution in [3.8, 4) is 0 Å². The van der Waals surface area contributed by atoms with Crippen molar-refractivity contribution in [2.24, 2.45) is 5.73 Å². The van der Waals surface area contributed by atoms with Gasteiger partial charge in [-0.1, -0.05) is 101 Å². The zero-order valence-corrected chi connectivity index (χ0v) is 17.7. The normalized spacial score (nSPS) is 12.5. The monoisotopic (exact) mass is 455 g/mol. The number of carbonyl (C=O) groups is 1. The highest BCUT2D eigenvalue weighted by molar-refractivity contribution is 9.08. The van der Waals surface area contributed by atoms with Crippen molar-refractivity contribution in [1.29, 1.82) is 0 Å². The summed E-state index contributed by atoms with van der Waals surface area (Å²) in [6.07, 6.45) is 0. The smallest absolute Gasteiger partial charge is 0.321 e. The molecule has 0 heterocycles. The lowest BCUT2D eigenvalue weighted by molar-refractivity contribution is -0.137. The number of aliphatic carboxylic acids is 1. The second-order valence-electron chi connectivity index (χ2n) is 6.50. The summed E-state index contributed by atoms with van der Waals surface area (Å²) < 4.78 is -0.555. The van der Waals surface area contributed by atoms with E-state index in [1.165, 1.54) is 5.56 Å². The molecule has 0 saturated heterocycles. The Morgan fingerprint density at radius 3 is 1.79 bits per heavy atom. The number of carboxylic acids is 1. The summed E-state index contributed by atoms with van der Waals surface area (Å²) in [4.78, 5) is 11.4. The summed E-state index contributed by atoms with van der Waals surface area (Å²) in [5.74, 6) is -0.698. The molecule has 28 heavy (non-hydrogen) atoms. The van der Waals surface area contributed by atoms with Crippen LogP contribution >= 0.6 is 27.7 Å². The van der Waals surface area contributed by atoms with E-state index < -0.39 is 16.8 Å². The fourth-order valence-corrected chi connectivity index (χ4v) is 5.06. The maximum absolute atomic E-state index is 11.4. The Hall–Kier alpha value is -2.08. The van der Waals surface area contributed by atoms with Gasteiger partial charge >= 0.3 is 5.97 Å². The van der Waals surface area contributed by atoms with Crippen molar-refractivity contribution in [1.82, 2.24) is 0 Å². The van der Waals surface area contributed by atoms with E-state index in [4.69, 9.17) is 5.73 Å². The number of hydrogen-bond acceptors (Lipinski definition) is 3. The van der Waals surface area contributed by atoms with E-state index in [2.05, 4.69) is 64.5 Å². The summed E-state index contributed by atoms with van der Waals surface area (Å²) >= 11 is 5.06. The van der Waals surface area contributed by atoms with Gasteiger partial charge in [0, 0.05) is 11.1 Å². The molecule has 3 aromatic carbocycles. The molecule has 144 valence electrons. The predicted octanol–water partition coefficient (Wildman–Crippen LogP) is 5.02. The molecule has 1 atom stereocenters. The minimum absolute atomic E-state index is 0.291. The summed E-state index contributed by atoms with van der Waals surface area (Å²) in [5, 5.41) is 10.1. The predicted molar refractivity (Wildman–Crippen MR) is 120 cm³/mol. The van der Waals surface area contributed by atoms with E-state index in [0.29, 0.717) is 5.75 Å². The quantitative estimate of drug-likeness (QED) is 0.369. The zero-order chi connectivity index (χ0) is 20.0. The number of thioether (sulfide) groups is 1. The van der Waals surface area contributed by atoms with Gasteiger partial charge in [0.25, 0.3) is 0 Å². The van der Waals surface area contributed by atoms with Crippen LogP contribution in [0.15, 0.2) is 84.9 Å². The molecule has 0 unspecified atom stereocenters. The first kappa shape index (κ1) is 20.6. The number of nitrogens with two attached hydrogens (primary N) is 1. The molecule has 0 amide bonds. The Morgan fingerprint density at radius 1 is 0.893 bits per heavy atom. The summed E-state index contributed by atoms with van der Waals surface area (Å²) in [6.45, 7) is 0. The number of halogens is 1. The number of alkyl halides is 1. The maximum atomic E-state index is 11.4. The molecule has 0 spiro atoms. The Kier molecular flexibility index (Phi) is 6.94. The van der Waals surface area contributed by atoms with Crippen LogP contribution in [0.2, 0.25) is 0 Å². The van der Waals surface area contributed by atoms with Crippen LogP contribution in [0.3, 0.4) is 0 Å². The molecule has 0 aromatic heterocycles. The molecule has 3 N–H and O–H groups in total. The molecule has 0 aliphatic heterocycles. The molecule has 0 aliphatic rings. The Labute approximate surface area is 178 Å². The lowest BCUT2D eigenvalue weighted by Gasteiger charge is -2.36. The Morgan fingerprint density at radius 2 is 1.36 bits per heavy atom. The van der Waals surface area contributed by atoms with E-state index in [0.717, 1.165) is 22.0 Å². The van der Waals surface area contributed by atoms with Crippen LogP contribution in [0, 0.1) is 0 Å². The summed E-state index contributed by atoms with van der Waals surface area (Å²) in [6, 6.07) is 27.9. The SMILES string of the molecule is N[C@@H](CSC(c1ccccc1)(c1ccccc1)c1ccc(CBr)cc1)C(=O)O. The second kappa shape index (κ2) is 9.41. The van der Waals surface area contributed by atoms with Crippen LogP contribution in [0.5, 0.6) is 0 Å². The van der Waals surface area contributed by atoms with Gasteiger partial charge in [0.05, 0.1) is 4.75 Å². The summed E-state index contributed by atoms with van der Waals surface area (Å²) in [7, 11) is 0. The van der Waals surface area contributed by atoms with Crippen molar-refractivity contribution in [2.45, 2.75) is 16.1 Å². The largest absolute Gasteiger partial charge is 0.480 e. The molecule has 0 fully saturated rings. The second-order valence-corrected chi connectivity index (χ2v) is 8.29. The first-order valence-electron chi connectivity index (χ1n) is 8.96. The van der Waals surface area contributed by atoms with E-state index in [1.807, 2.05) is 36.4 Å². The molecule has 3 rings (SSSR count). The Balaban J connectivity index is 2.20. The van der Waals surface area contributed by atoms with E-state index in [9.17, 15) is 9.90 Å².